The second kappa shape index (κ2) is 7.12. The molecule has 0 aliphatic rings. The fourth-order valence-electron chi connectivity index (χ4n) is 2.63. The molecule has 0 aliphatic heterocycles. The molecule has 0 unspecified atom stereocenters. The summed E-state index contributed by atoms with van der Waals surface area (Å²) in [5.41, 5.74) is 1.85. The number of carbonyl (C=O) groups is 1. The first-order chi connectivity index (χ1) is 10.1. The van der Waals surface area contributed by atoms with Crippen molar-refractivity contribution in [3.05, 3.63) is 29.8 Å². The summed E-state index contributed by atoms with van der Waals surface area (Å²) in [7, 11) is 1.67. The van der Waals surface area contributed by atoms with Crippen molar-refractivity contribution in [1.29, 1.82) is 0 Å². The van der Waals surface area contributed by atoms with Gasteiger partial charge in [-0.15, -0.1) is 0 Å². The molecule has 0 saturated heterocycles. The quantitative estimate of drug-likeness (QED) is 0.793. The van der Waals surface area contributed by atoms with Gasteiger partial charge in [-0.3, -0.25) is 0 Å². The standard InChI is InChI=1S/C16H22N3OSe/c1-4-18(5-2)10-11-19-13-9-7-6-8-12(13)14(16(19)21)15(20)17-3/h6-9H,4-5,10-11H2,1-3H3,(H,17,20). The van der Waals surface area contributed by atoms with Gasteiger partial charge >= 0.3 is 134 Å². The third-order valence-electron chi connectivity index (χ3n) is 3.91. The van der Waals surface area contributed by atoms with Crippen molar-refractivity contribution in [2.75, 3.05) is 26.7 Å². The van der Waals surface area contributed by atoms with Crippen LogP contribution in [0, 0.1) is 0 Å². The van der Waals surface area contributed by atoms with Gasteiger partial charge in [0.2, 0.25) is 0 Å². The molecule has 113 valence electrons. The van der Waals surface area contributed by atoms with Gasteiger partial charge in [0.05, 0.1) is 0 Å². The molecule has 1 aromatic heterocycles. The monoisotopic (exact) mass is 352 g/mol. The molecule has 1 heterocycles. The zero-order valence-corrected chi connectivity index (χ0v) is 14.6. The maximum atomic E-state index is 12.2. The minimum atomic E-state index is -0.0402. The Hall–Kier alpha value is -1.29. The van der Waals surface area contributed by atoms with Crippen molar-refractivity contribution in [3.8, 4) is 0 Å². The van der Waals surface area contributed by atoms with Gasteiger partial charge in [0.25, 0.3) is 0 Å². The third kappa shape index (κ3) is 3.15. The number of rotatable bonds is 6. The fraction of sp³-hybridized carbons (Fsp3) is 0.438. The zero-order chi connectivity index (χ0) is 15.4. The number of hydrogen-bond donors (Lipinski definition) is 1. The van der Waals surface area contributed by atoms with E-state index in [2.05, 4.69) is 50.7 Å². The minimum absolute atomic E-state index is 0.0402. The molecule has 0 fully saturated rings. The van der Waals surface area contributed by atoms with Crippen LogP contribution in [0.1, 0.15) is 24.2 Å². The number of nitrogens with one attached hydrogen (secondary N) is 1. The van der Waals surface area contributed by atoms with Crippen molar-refractivity contribution < 1.29 is 4.79 Å². The van der Waals surface area contributed by atoms with Crippen LogP contribution in [0.25, 0.3) is 10.9 Å². The second-order valence-corrected chi connectivity index (χ2v) is 5.77. The average Bonchev–Trinajstić information content (AvgIpc) is 2.80. The number of likely N-dealkylation sites (N-methyl/N-ethyl adjacent to an activating group) is 1. The third-order valence-corrected chi connectivity index (χ3v) is 4.80. The van der Waals surface area contributed by atoms with Crippen molar-refractivity contribution in [3.63, 3.8) is 0 Å². The summed E-state index contributed by atoms with van der Waals surface area (Å²) >= 11 is 3.09. The van der Waals surface area contributed by atoms with Gasteiger partial charge in [-0.05, 0) is 0 Å². The van der Waals surface area contributed by atoms with Crippen molar-refractivity contribution in [2.45, 2.75) is 20.4 Å². The molecule has 4 nitrogen and oxygen atoms in total. The van der Waals surface area contributed by atoms with Crippen LogP contribution in [0.4, 0.5) is 0 Å². The predicted octanol–water partition coefficient (Wildman–Crippen LogP) is 1.14. The molecule has 2 aromatic rings. The number of benzene rings is 1. The summed E-state index contributed by atoms with van der Waals surface area (Å²) in [6, 6.07) is 8.08. The molecule has 2 rings (SSSR count). The van der Waals surface area contributed by atoms with Gasteiger partial charge in [0.1, 0.15) is 0 Å². The van der Waals surface area contributed by atoms with E-state index < -0.39 is 0 Å². The molecule has 0 spiro atoms. The summed E-state index contributed by atoms with van der Waals surface area (Å²) in [4.78, 5) is 14.5. The van der Waals surface area contributed by atoms with E-state index in [0.717, 1.165) is 47.2 Å². The maximum absolute atomic E-state index is 12.2. The summed E-state index contributed by atoms with van der Waals surface area (Å²) in [5, 5.41) is 3.74. The van der Waals surface area contributed by atoms with Crippen molar-refractivity contribution >= 4 is 37.4 Å². The fourth-order valence-corrected chi connectivity index (χ4v) is 3.45. The molecular weight excluding hydrogens is 329 g/mol. The van der Waals surface area contributed by atoms with Crippen LogP contribution in [-0.2, 0) is 6.54 Å². The van der Waals surface area contributed by atoms with Gasteiger partial charge in [-0.1, -0.05) is 0 Å². The van der Waals surface area contributed by atoms with Crippen LogP contribution in [0.2, 0.25) is 0 Å². The van der Waals surface area contributed by atoms with Gasteiger partial charge in [0.15, 0.2) is 0 Å². The Bertz CT molecular complexity index is 632. The van der Waals surface area contributed by atoms with Gasteiger partial charge in [0, 0.05) is 0 Å². The SMILES string of the molecule is CCN(CC)CCn1c([Se])c(C(=O)NC)c2ccccc21. The van der Waals surface area contributed by atoms with E-state index in [0.29, 0.717) is 0 Å². The van der Waals surface area contributed by atoms with Gasteiger partial charge in [-0.25, -0.2) is 0 Å². The normalized spacial score (nSPS) is 11.2. The van der Waals surface area contributed by atoms with Crippen LogP contribution < -0.4 is 9.91 Å². The predicted molar refractivity (Wildman–Crippen MR) is 88.5 cm³/mol. The van der Waals surface area contributed by atoms with E-state index in [9.17, 15) is 4.79 Å². The Morgan fingerprint density at radius 1 is 1.29 bits per heavy atom. The molecule has 1 radical (unpaired) electrons. The molecule has 0 saturated carbocycles. The molecule has 1 N–H and O–H groups in total. The number of para-hydroxylation sites is 1. The average molecular weight is 351 g/mol. The first-order valence-electron chi connectivity index (χ1n) is 7.36. The number of carbonyl (C=O) groups excluding carboxylic acids is 1. The zero-order valence-electron chi connectivity index (χ0n) is 12.8. The van der Waals surface area contributed by atoms with Crippen molar-refractivity contribution in [2.24, 2.45) is 0 Å². The van der Waals surface area contributed by atoms with E-state index in [1.165, 1.54) is 0 Å². The van der Waals surface area contributed by atoms with E-state index in [-0.39, 0.29) is 5.91 Å². The van der Waals surface area contributed by atoms with E-state index in [4.69, 9.17) is 0 Å². The molecule has 0 atom stereocenters. The molecule has 0 bridgehead atoms. The van der Waals surface area contributed by atoms with Crippen LogP contribution in [0.3, 0.4) is 0 Å². The van der Waals surface area contributed by atoms with Crippen LogP contribution >= 0.6 is 0 Å². The Labute approximate surface area is 134 Å². The van der Waals surface area contributed by atoms with Gasteiger partial charge < -0.3 is 0 Å². The van der Waals surface area contributed by atoms with E-state index >= 15 is 0 Å². The number of fused-ring (bicyclic) bond motifs is 1. The summed E-state index contributed by atoms with van der Waals surface area (Å²) < 4.78 is 3.13. The van der Waals surface area contributed by atoms with E-state index in [1.807, 2.05) is 18.2 Å². The number of aromatic nitrogens is 1. The molecule has 1 aromatic carbocycles. The summed E-state index contributed by atoms with van der Waals surface area (Å²) in [6.07, 6.45) is 0. The molecule has 21 heavy (non-hydrogen) atoms. The van der Waals surface area contributed by atoms with Crippen molar-refractivity contribution in [1.82, 2.24) is 14.8 Å². The Morgan fingerprint density at radius 2 is 1.95 bits per heavy atom. The first-order valence-corrected chi connectivity index (χ1v) is 8.22. The number of amides is 1. The number of hydrogen-bond acceptors (Lipinski definition) is 2. The molecule has 5 heteroatoms. The van der Waals surface area contributed by atoms with E-state index in [1.54, 1.807) is 7.05 Å². The van der Waals surface area contributed by atoms with Crippen LogP contribution in [0.15, 0.2) is 24.3 Å². The second-order valence-electron chi connectivity index (χ2n) is 4.95. The number of nitrogens with zero attached hydrogens (tertiary/aromatic N) is 2. The molecule has 1 amide bonds. The Balaban J connectivity index is 2.44. The van der Waals surface area contributed by atoms with Crippen LogP contribution in [-0.4, -0.2) is 58.1 Å². The Kier molecular flexibility index (Phi) is 5.45. The Morgan fingerprint density at radius 3 is 2.57 bits per heavy atom. The molecular formula is C16H22N3OSe. The first kappa shape index (κ1) is 16.1. The summed E-state index contributed by atoms with van der Waals surface area (Å²) in [5.74, 6) is -0.0402. The van der Waals surface area contributed by atoms with Crippen LogP contribution in [0.5, 0.6) is 0 Å². The summed E-state index contributed by atoms with van der Waals surface area (Å²) in [6.45, 7) is 8.29. The molecule has 0 aliphatic carbocycles. The topological polar surface area (TPSA) is 37.3 Å². The van der Waals surface area contributed by atoms with Gasteiger partial charge in [-0.2, -0.15) is 0 Å².